The Morgan fingerprint density at radius 2 is 2.23 bits per heavy atom. The van der Waals surface area contributed by atoms with Crippen molar-refractivity contribution in [2.45, 2.75) is 0 Å². The van der Waals surface area contributed by atoms with Crippen LogP contribution < -0.4 is 15.2 Å². The van der Waals surface area contributed by atoms with Gasteiger partial charge in [-0.05, 0) is 12.1 Å². The Kier molecular flexibility index (Phi) is 3.37. The molecule has 0 aliphatic heterocycles. The topological polar surface area (TPSA) is 44.5 Å². The Labute approximate surface area is 76.3 Å². The zero-order chi connectivity index (χ0) is 9.68. The van der Waals surface area contributed by atoms with E-state index in [1.165, 1.54) is 7.11 Å². The van der Waals surface area contributed by atoms with E-state index in [9.17, 15) is 4.39 Å². The zero-order valence-electron chi connectivity index (χ0n) is 7.42. The molecule has 0 spiro atoms. The number of nitrogens with two attached hydrogens (primary N) is 1. The van der Waals surface area contributed by atoms with Crippen molar-refractivity contribution < 1.29 is 13.9 Å². The maximum atomic E-state index is 11.7. The second-order valence-electron chi connectivity index (χ2n) is 2.44. The van der Waals surface area contributed by atoms with Crippen LogP contribution in [0.25, 0.3) is 0 Å². The molecule has 13 heavy (non-hydrogen) atoms. The van der Waals surface area contributed by atoms with Crippen LogP contribution in [0.4, 0.5) is 10.1 Å². The molecule has 0 atom stereocenters. The minimum absolute atomic E-state index is 0.0474. The van der Waals surface area contributed by atoms with E-state index in [-0.39, 0.29) is 6.61 Å². The SMILES string of the molecule is COc1ccc(OCCF)cc1N. The molecule has 0 heterocycles. The molecule has 1 aromatic rings. The summed E-state index contributed by atoms with van der Waals surface area (Å²) in [6, 6.07) is 4.97. The summed E-state index contributed by atoms with van der Waals surface area (Å²) >= 11 is 0. The summed E-state index contributed by atoms with van der Waals surface area (Å²) in [5.41, 5.74) is 6.09. The van der Waals surface area contributed by atoms with Gasteiger partial charge < -0.3 is 15.2 Å². The van der Waals surface area contributed by atoms with Crippen LogP contribution in [0.2, 0.25) is 0 Å². The van der Waals surface area contributed by atoms with Gasteiger partial charge in [0.05, 0.1) is 12.8 Å². The van der Waals surface area contributed by atoms with Gasteiger partial charge in [0.2, 0.25) is 0 Å². The minimum atomic E-state index is -0.508. The van der Waals surface area contributed by atoms with Gasteiger partial charge in [-0.2, -0.15) is 0 Å². The molecule has 0 aliphatic carbocycles. The van der Waals surface area contributed by atoms with Gasteiger partial charge in [-0.15, -0.1) is 0 Å². The number of benzene rings is 1. The third kappa shape index (κ3) is 2.50. The van der Waals surface area contributed by atoms with Crippen LogP contribution in [0.15, 0.2) is 18.2 Å². The van der Waals surface area contributed by atoms with Crippen LogP contribution in [-0.2, 0) is 0 Å². The molecule has 0 amide bonds. The fraction of sp³-hybridized carbons (Fsp3) is 0.333. The van der Waals surface area contributed by atoms with E-state index in [4.69, 9.17) is 15.2 Å². The van der Waals surface area contributed by atoms with E-state index in [1.807, 2.05) is 0 Å². The lowest BCUT2D eigenvalue weighted by molar-refractivity contribution is 0.273. The molecule has 0 saturated heterocycles. The molecule has 0 fully saturated rings. The van der Waals surface area contributed by atoms with E-state index < -0.39 is 6.67 Å². The highest BCUT2D eigenvalue weighted by Gasteiger charge is 2.00. The number of halogens is 1. The van der Waals surface area contributed by atoms with Crippen molar-refractivity contribution in [3.8, 4) is 11.5 Å². The molecule has 1 aromatic carbocycles. The lowest BCUT2D eigenvalue weighted by Gasteiger charge is -2.07. The number of ether oxygens (including phenoxy) is 2. The molecule has 0 bridgehead atoms. The summed E-state index contributed by atoms with van der Waals surface area (Å²) in [6.07, 6.45) is 0. The number of rotatable bonds is 4. The highest BCUT2D eigenvalue weighted by molar-refractivity contribution is 5.56. The maximum absolute atomic E-state index is 11.7. The summed E-state index contributed by atoms with van der Waals surface area (Å²) in [7, 11) is 1.54. The average Bonchev–Trinajstić information content (AvgIpc) is 2.15. The quantitative estimate of drug-likeness (QED) is 0.725. The van der Waals surface area contributed by atoms with Gasteiger partial charge in [0, 0.05) is 6.07 Å². The predicted molar refractivity (Wildman–Crippen MR) is 48.9 cm³/mol. The third-order valence-electron chi connectivity index (χ3n) is 1.55. The third-order valence-corrected chi connectivity index (χ3v) is 1.55. The highest BCUT2D eigenvalue weighted by atomic mass is 19.1. The van der Waals surface area contributed by atoms with Gasteiger partial charge >= 0.3 is 0 Å². The van der Waals surface area contributed by atoms with Gasteiger partial charge in [-0.25, -0.2) is 4.39 Å². The molecule has 1 rings (SSSR count). The van der Waals surface area contributed by atoms with Gasteiger partial charge in [0.15, 0.2) is 0 Å². The second kappa shape index (κ2) is 4.54. The highest BCUT2D eigenvalue weighted by Crippen LogP contribution is 2.25. The first kappa shape index (κ1) is 9.64. The van der Waals surface area contributed by atoms with Gasteiger partial charge in [-0.3, -0.25) is 0 Å². The summed E-state index contributed by atoms with van der Waals surface area (Å²) in [5, 5.41) is 0. The Morgan fingerprint density at radius 3 is 2.77 bits per heavy atom. The molecular formula is C9H12FNO2. The summed E-state index contributed by atoms with van der Waals surface area (Å²) in [4.78, 5) is 0. The molecule has 2 N–H and O–H groups in total. The monoisotopic (exact) mass is 185 g/mol. The largest absolute Gasteiger partial charge is 0.495 e. The Morgan fingerprint density at radius 1 is 1.46 bits per heavy atom. The molecule has 0 aliphatic rings. The number of anilines is 1. The summed E-state index contributed by atoms with van der Waals surface area (Å²) in [6.45, 7) is -0.461. The van der Waals surface area contributed by atoms with Crippen LogP contribution in [0.1, 0.15) is 0 Å². The van der Waals surface area contributed by atoms with Gasteiger partial charge in [0.1, 0.15) is 24.8 Å². The van der Waals surface area contributed by atoms with E-state index >= 15 is 0 Å². The van der Waals surface area contributed by atoms with Crippen molar-refractivity contribution in [1.82, 2.24) is 0 Å². The van der Waals surface area contributed by atoms with E-state index in [2.05, 4.69) is 0 Å². The lowest BCUT2D eigenvalue weighted by atomic mass is 10.3. The van der Waals surface area contributed by atoms with Crippen LogP contribution in [-0.4, -0.2) is 20.4 Å². The average molecular weight is 185 g/mol. The number of methoxy groups -OCH3 is 1. The molecule has 3 nitrogen and oxygen atoms in total. The van der Waals surface area contributed by atoms with Crippen molar-refractivity contribution in [2.24, 2.45) is 0 Å². The Bertz CT molecular complexity index is 278. The van der Waals surface area contributed by atoms with Crippen LogP contribution in [0.5, 0.6) is 11.5 Å². The first-order valence-corrected chi connectivity index (χ1v) is 3.90. The van der Waals surface area contributed by atoms with Crippen molar-refractivity contribution in [3.63, 3.8) is 0 Å². The van der Waals surface area contributed by atoms with Crippen LogP contribution in [0.3, 0.4) is 0 Å². The number of hydrogen-bond acceptors (Lipinski definition) is 3. The first-order chi connectivity index (χ1) is 6.27. The van der Waals surface area contributed by atoms with Crippen LogP contribution >= 0.6 is 0 Å². The van der Waals surface area contributed by atoms with E-state index in [1.54, 1.807) is 18.2 Å². The van der Waals surface area contributed by atoms with Crippen molar-refractivity contribution in [1.29, 1.82) is 0 Å². The standard InChI is InChI=1S/C9H12FNO2/c1-12-9-3-2-7(6-8(9)11)13-5-4-10/h2-3,6H,4-5,11H2,1H3. The first-order valence-electron chi connectivity index (χ1n) is 3.90. The molecule has 4 heteroatoms. The Balaban J connectivity index is 2.71. The molecular weight excluding hydrogens is 173 g/mol. The molecule has 0 unspecified atom stereocenters. The summed E-state index contributed by atoms with van der Waals surface area (Å²) in [5.74, 6) is 1.14. The smallest absolute Gasteiger partial charge is 0.142 e. The van der Waals surface area contributed by atoms with Gasteiger partial charge in [-0.1, -0.05) is 0 Å². The van der Waals surface area contributed by atoms with E-state index in [0.717, 1.165) is 0 Å². The lowest BCUT2D eigenvalue weighted by Crippen LogP contribution is -2.00. The fourth-order valence-electron chi connectivity index (χ4n) is 0.959. The normalized spacial score (nSPS) is 9.69. The van der Waals surface area contributed by atoms with Gasteiger partial charge in [0.25, 0.3) is 0 Å². The van der Waals surface area contributed by atoms with Crippen molar-refractivity contribution in [2.75, 3.05) is 26.1 Å². The minimum Gasteiger partial charge on any atom is -0.495 e. The van der Waals surface area contributed by atoms with Crippen LogP contribution in [0, 0.1) is 0 Å². The molecule has 0 radical (unpaired) electrons. The summed E-state index contributed by atoms with van der Waals surface area (Å²) < 4.78 is 21.7. The zero-order valence-corrected chi connectivity index (χ0v) is 7.42. The molecule has 0 aromatic heterocycles. The molecule has 72 valence electrons. The Hall–Kier alpha value is -1.45. The van der Waals surface area contributed by atoms with Crippen molar-refractivity contribution >= 4 is 5.69 Å². The number of hydrogen-bond donors (Lipinski definition) is 1. The molecule has 0 saturated carbocycles. The van der Waals surface area contributed by atoms with E-state index in [0.29, 0.717) is 17.2 Å². The predicted octanol–water partition coefficient (Wildman–Crippen LogP) is 1.63. The second-order valence-corrected chi connectivity index (χ2v) is 2.44. The van der Waals surface area contributed by atoms with Crippen molar-refractivity contribution in [3.05, 3.63) is 18.2 Å². The fourth-order valence-corrected chi connectivity index (χ4v) is 0.959. The number of alkyl halides is 1. The number of nitrogen functional groups attached to an aromatic ring is 1. The maximum Gasteiger partial charge on any atom is 0.142 e.